The van der Waals surface area contributed by atoms with E-state index in [0.29, 0.717) is 16.9 Å². The third-order valence-corrected chi connectivity index (χ3v) is 2.89. The molecular weight excluding hydrogens is 279 g/mol. The molecule has 0 aliphatic carbocycles. The number of halogens is 1. The van der Waals surface area contributed by atoms with Crippen LogP contribution in [-0.4, -0.2) is 16.0 Å². The summed E-state index contributed by atoms with van der Waals surface area (Å²) < 4.78 is 13.5. The number of benzene rings is 2. The Morgan fingerprint density at radius 1 is 1.24 bits per heavy atom. The van der Waals surface area contributed by atoms with Gasteiger partial charge in [0, 0.05) is 23.0 Å². The summed E-state index contributed by atoms with van der Waals surface area (Å²) in [6, 6.07) is 8.06. The van der Waals surface area contributed by atoms with E-state index in [2.05, 4.69) is 5.32 Å². The highest BCUT2D eigenvalue weighted by molar-refractivity contribution is 5.88. The van der Waals surface area contributed by atoms with Crippen LogP contribution in [0.25, 0.3) is 0 Å². The van der Waals surface area contributed by atoms with E-state index in [1.54, 1.807) is 19.1 Å². The van der Waals surface area contributed by atoms with Gasteiger partial charge in [-0.15, -0.1) is 0 Å². The van der Waals surface area contributed by atoms with Crippen LogP contribution >= 0.6 is 0 Å². The van der Waals surface area contributed by atoms with Gasteiger partial charge in [0.05, 0.1) is 10.5 Å². The monoisotopic (exact) mass is 290 g/mol. The van der Waals surface area contributed by atoms with Crippen molar-refractivity contribution in [2.24, 2.45) is 0 Å². The molecule has 0 unspecified atom stereocenters. The van der Waals surface area contributed by atoms with E-state index in [1.165, 1.54) is 12.1 Å². The molecule has 2 N–H and O–H groups in total. The molecule has 0 atom stereocenters. The van der Waals surface area contributed by atoms with Crippen LogP contribution in [0.4, 0.5) is 21.5 Å². The van der Waals surface area contributed by atoms with Crippen molar-refractivity contribution in [1.29, 1.82) is 0 Å². The second-order valence-electron chi connectivity index (χ2n) is 4.38. The number of aryl methyl sites for hydroxylation is 1. The molecule has 108 valence electrons. The van der Waals surface area contributed by atoms with E-state index >= 15 is 0 Å². The largest absolute Gasteiger partial charge is 0.478 e. The second kappa shape index (κ2) is 5.58. The van der Waals surface area contributed by atoms with Gasteiger partial charge in [0.1, 0.15) is 5.82 Å². The number of hydrogen-bond donors (Lipinski definition) is 2. The maximum Gasteiger partial charge on any atom is 0.338 e. The highest BCUT2D eigenvalue weighted by Crippen LogP contribution is 2.25. The van der Waals surface area contributed by atoms with E-state index in [1.807, 2.05) is 0 Å². The molecule has 6 nitrogen and oxygen atoms in total. The first-order valence-electron chi connectivity index (χ1n) is 5.93. The molecule has 0 aliphatic rings. The standard InChI is InChI=1S/C14H11FN2O4/c1-8-2-3-10(7-13(8)17(20)21)16-9-4-5-11(14(18)19)12(15)6-9/h2-7,16H,1H3,(H,18,19). The lowest BCUT2D eigenvalue weighted by molar-refractivity contribution is -0.385. The molecule has 0 fully saturated rings. The van der Waals surface area contributed by atoms with Crippen LogP contribution in [0.1, 0.15) is 15.9 Å². The van der Waals surface area contributed by atoms with Crippen molar-refractivity contribution < 1.29 is 19.2 Å². The molecule has 0 saturated heterocycles. The number of carboxylic acids is 1. The lowest BCUT2D eigenvalue weighted by Gasteiger charge is -2.08. The van der Waals surface area contributed by atoms with Crippen molar-refractivity contribution in [2.75, 3.05) is 5.32 Å². The first-order chi connectivity index (χ1) is 9.88. The Morgan fingerprint density at radius 3 is 2.43 bits per heavy atom. The number of nitro benzene ring substituents is 1. The van der Waals surface area contributed by atoms with Crippen LogP contribution in [0.3, 0.4) is 0 Å². The zero-order chi connectivity index (χ0) is 15.6. The van der Waals surface area contributed by atoms with Gasteiger partial charge in [-0.2, -0.15) is 0 Å². The number of anilines is 2. The molecule has 7 heteroatoms. The van der Waals surface area contributed by atoms with Gasteiger partial charge in [-0.05, 0) is 31.2 Å². The van der Waals surface area contributed by atoms with Gasteiger partial charge in [0.15, 0.2) is 0 Å². The second-order valence-corrected chi connectivity index (χ2v) is 4.38. The Hall–Kier alpha value is -2.96. The van der Waals surface area contributed by atoms with Gasteiger partial charge in [-0.25, -0.2) is 9.18 Å². The van der Waals surface area contributed by atoms with Gasteiger partial charge in [-0.3, -0.25) is 10.1 Å². The number of nitro groups is 1. The van der Waals surface area contributed by atoms with Gasteiger partial charge >= 0.3 is 5.97 Å². The van der Waals surface area contributed by atoms with Gasteiger partial charge in [0.2, 0.25) is 0 Å². The Bertz CT molecular complexity index is 731. The molecule has 2 aromatic rings. The van der Waals surface area contributed by atoms with Crippen LogP contribution in [0.2, 0.25) is 0 Å². The molecule has 0 aromatic heterocycles. The van der Waals surface area contributed by atoms with Crippen LogP contribution in [0, 0.1) is 22.9 Å². The van der Waals surface area contributed by atoms with Crippen LogP contribution in [0.15, 0.2) is 36.4 Å². The summed E-state index contributed by atoms with van der Waals surface area (Å²) in [5, 5.41) is 22.4. The average molecular weight is 290 g/mol. The SMILES string of the molecule is Cc1ccc(Nc2ccc(C(=O)O)c(F)c2)cc1[N+](=O)[O-]. The van der Waals surface area contributed by atoms with Crippen molar-refractivity contribution in [2.45, 2.75) is 6.92 Å². The number of nitrogens with one attached hydrogen (secondary N) is 1. The predicted octanol–water partition coefficient (Wildman–Crippen LogP) is 3.48. The maximum absolute atomic E-state index is 13.5. The summed E-state index contributed by atoms with van der Waals surface area (Å²) in [5.74, 6) is -2.24. The van der Waals surface area contributed by atoms with E-state index in [-0.39, 0.29) is 5.69 Å². The lowest BCUT2D eigenvalue weighted by Crippen LogP contribution is -2.01. The Kier molecular flexibility index (Phi) is 3.84. The van der Waals surface area contributed by atoms with Crippen molar-refractivity contribution >= 4 is 23.0 Å². The minimum Gasteiger partial charge on any atom is -0.478 e. The average Bonchev–Trinajstić information content (AvgIpc) is 2.40. The minimum absolute atomic E-state index is 0.0531. The van der Waals surface area contributed by atoms with E-state index in [0.717, 1.165) is 12.1 Å². The van der Waals surface area contributed by atoms with Crippen molar-refractivity contribution in [3.05, 3.63) is 63.5 Å². The number of nitrogens with zero attached hydrogens (tertiary/aromatic N) is 1. The Labute approximate surface area is 119 Å². The fourth-order valence-electron chi connectivity index (χ4n) is 1.82. The molecule has 0 aliphatic heterocycles. The molecule has 0 bridgehead atoms. The summed E-state index contributed by atoms with van der Waals surface area (Å²) in [7, 11) is 0. The Morgan fingerprint density at radius 2 is 1.86 bits per heavy atom. The van der Waals surface area contributed by atoms with E-state index in [9.17, 15) is 19.3 Å². The quantitative estimate of drug-likeness (QED) is 0.664. The lowest BCUT2D eigenvalue weighted by atomic mass is 10.1. The predicted molar refractivity (Wildman–Crippen MR) is 74.5 cm³/mol. The zero-order valence-corrected chi connectivity index (χ0v) is 11.0. The number of rotatable bonds is 4. The highest BCUT2D eigenvalue weighted by Gasteiger charge is 2.13. The molecule has 0 saturated carbocycles. The summed E-state index contributed by atoms with van der Waals surface area (Å²) in [4.78, 5) is 21.1. The summed E-state index contributed by atoms with van der Waals surface area (Å²) in [5.41, 5.74) is 0.737. The first-order valence-corrected chi connectivity index (χ1v) is 5.93. The number of carboxylic acid groups (broad SMARTS) is 1. The normalized spacial score (nSPS) is 10.2. The summed E-state index contributed by atoms with van der Waals surface area (Å²) >= 11 is 0. The van der Waals surface area contributed by atoms with E-state index < -0.39 is 22.3 Å². The minimum atomic E-state index is -1.36. The molecule has 21 heavy (non-hydrogen) atoms. The van der Waals surface area contributed by atoms with Crippen molar-refractivity contribution in [3.63, 3.8) is 0 Å². The molecule has 0 radical (unpaired) electrons. The fraction of sp³-hybridized carbons (Fsp3) is 0.0714. The number of hydrogen-bond acceptors (Lipinski definition) is 4. The van der Waals surface area contributed by atoms with Crippen LogP contribution in [-0.2, 0) is 0 Å². The maximum atomic E-state index is 13.5. The molecule has 0 spiro atoms. The van der Waals surface area contributed by atoms with Crippen molar-refractivity contribution in [3.8, 4) is 0 Å². The summed E-state index contributed by atoms with van der Waals surface area (Å²) in [6.45, 7) is 1.61. The molecule has 0 heterocycles. The molecule has 0 amide bonds. The molecular formula is C14H11FN2O4. The zero-order valence-electron chi connectivity index (χ0n) is 11.0. The Balaban J connectivity index is 2.30. The van der Waals surface area contributed by atoms with E-state index in [4.69, 9.17) is 5.11 Å². The first kappa shape index (κ1) is 14.4. The van der Waals surface area contributed by atoms with Crippen molar-refractivity contribution in [1.82, 2.24) is 0 Å². The molecule has 2 aromatic carbocycles. The van der Waals surface area contributed by atoms with Crippen LogP contribution in [0.5, 0.6) is 0 Å². The number of carbonyl (C=O) groups is 1. The summed E-state index contributed by atoms with van der Waals surface area (Å²) in [6.07, 6.45) is 0. The highest BCUT2D eigenvalue weighted by atomic mass is 19.1. The van der Waals surface area contributed by atoms with Crippen LogP contribution < -0.4 is 5.32 Å². The van der Waals surface area contributed by atoms with Gasteiger partial charge in [0.25, 0.3) is 5.69 Å². The number of aromatic carboxylic acids is 1. The van der Waals surface area contributed by atoms with Gasteiger partial charge in [-0.1, -0.05) is 6.07 Å². The topological polar surface area (TPSA) is 92.5 Å². The smallest absolute Gasteiger partial charge is 0.338 e. The molecule has 2 rings (SSSR count). The van der Waals surface area contributed by atoms with Gasteiger partial charge < -0.3 is 10.4 Å². The third-order valence-electron chi connectivity index (χ3n) is 2.89. The fourth-order valence-corrected chi connectivity index (χ4v) is 1.82. The third kappa shape index (κ3) is 3.14.